The summed E-state index contributed by atoms with van der Waals surface area (Å²) in [7, 11) is 0. The minimum Gasteiger partial charge on any atom is -0.483 e. The van der Waals surface area contributed by atoms with Crippen LogP contribution in [0.1, 0.15) is 43.4 Å². The predicted octanol–water partition coefficient (Wildman–Crippen LogP) is 4.04. The van der Waals surface area contributed by atoms with Crippen LogP contribution in [0.3, 0.4) is 0 Å². The molecule has 2 aromatic carbocycles. The van der Waals surface area contributed by atoms with Crippen molar-refractivity contribution in [3.8, 4) is 5.75 Å². The van der Waals surface area contributed by atoms with Crippen molar-refractivity contribution in [1.82, 2.24) is 5.43 Å². The molecule has 2 aromatic rings. The first-order valence-corrected chi connectivity index (χ1v) is 8.09. The Bertz CT molecular complexity index is 719. The number of nitrogens with zero attached hydrogens (tertiary/aromatic N) is 1. The summed E-state index contributed by atoms with van der Waals surface area (Å²) in [6.07, 6.45) is 0. The third-order valence-corrected chi connectivity index (χ3v) is 3.72. The van der Waals surface area contributed by atoms with Crippen LogP contribution >= 0.6 is 0 Å². The van der Waals surface area contributed by atoms with Gasteiger partial charge in [-0.25, -0.2) is 5.43 Å². The van der Waals surface area contributed by atoms with E-state index in [4.69, 9.17) is 4.74 Å². The number of aryl methyl sites for hydroxylation is 1. The van der Waals surface area contributed by atoms with Crippen molar-refractivity contribution >= 4 is 11.6 Å². The lowest BCUT2D eigenvalue weighted by Crippen LogP contribution is -2.25. The van der Waals surface area contributed by atoms with Gasteiger partial charge in [-0.15, -0.1) is 0 Å². The Morgan fingerprint density at radius 1 is 1.12 bits per heavy atom. The number of amides is 1. The fraction of sp³-hybridized carbons (Fsp3) is 0.300. The molecule has 0 bridgehead atoms. The molecule has 4 heteroatoms. The highest BCUT2D eigenvalue weighted by Crippen LogP contribution is 2.25. The lowest BCUT2D eigenvalue weighted by atomic mass is 10.0. The Hall–Kier alpha value is -2.62. The molecule has 0 aliphatic carbocycles. The second kappa shape index (κ2) is 8.29. The molecular formula is C20H24N2O2. The molecule has 0 atom stereocenters. The van der Waals surface area contributed by atoms with Gasteiger partial charge in [-0.3, -0.25) is 4.79 Å². The number of hydrogen-bond acceptors (Lipinski definition) is 3. The van der Waals surface area contributed by atoms with Crippen molar-refractivity contribution < 1.29 is 9.53 Å². The Balaban J connectivity index is 1.92. The Morgan fingerprint density at radius 2 is 1.79 bits per heavy atom. The van der Waals surface area contributed by atoms with E-state index in [-0.39, 0.29) is 12.5 Å². The maximum atomic E-state index is 11.9. The van der Waals surface area contributed by atoms with Crippen molar-refractivity contribution in [1.29, 1.82) is 0 Å². The quantitative estimate of drug-likeness (QED) is 0.644. The second-order valence-electron chi connectivity index (χ2n) is 6.08. The van der Waals surface area contributed by atoms with Gasteiger partial charge >= 0.3 is 0 Å². The van der Waals surface area contributed by atoms with Crippen LogP contribution in [0.4, 0.5) is 0 Å². The zero-order valence-corrected chi connectivity index (χ0v) is 14.7. The lowest BCUT2D eigenvalue weighted by Gasteiger charge is -2.13. The molecule has 2 rings (SSSR count). The molecular weight excluding hydrogens is 300 g/mol. The van der Waals surface area contributed by atoms with Crippen molar-refractivity contribution in [3.63, 3.8) is 0 Å². The van der Waals surface area contributed by atoms with Crippen LogP contribution in [0.25, 0.3) is 0 Å². The zero-order chi connectivity index (χ0) is 17.5. The van der Waals surface area contributed by atoms with Gasteiger partial charge in [0.2, 0.25) is 0 Å². The Morgan fingerprint density at radius 3 is 2.46 bits per heavy atom. The molecule has 0 heterocycles. The topological polar surface area (TPSA) is 50.7 Å². The van der Waals surface area contributed by atoms with Crippen LogP contribution in [-0.2, 0) is 4.79 Å². The van der Waals surface area contributed by atoms with Crippen LogP contribution in [0.2, 0.25) is 0 Å². The Labute approximate surface area is 143 Å². The van der Waals surface area contributed by atoms with Crippen LogP contribution in [-0.4, -0.2) is 18.2 Å². The van der Waals surface area contributed by atoms with E-state index < -0.39 is 0 Å². The molecule has 0 spiro atoms. The maximum absolute atomic E-state index is 11.9. The van der Waals surface area contributed by atoms with Crippen molar-refractivity contribution in [3.05, 3.63) is 65.2 Å². The predicted molar refractivity (Wildman–Crippen MR) is 97.6 cm³/mol. The van der Waals surface area contributed by atoms with Crippen LogP contribution in [0, 0.1) is 6.92 Å². The highest BCUT2D eigenvalue weighted by molar-refractivity contribution is 5.99. The van der Waals surface area contributed by atoms with E-state index in [9.17, 15) is 4.79 Å². The van der Waals surface area contributed by atoms with Crippen LogP contribution in [0.15, 0.2) is 53.6 Å². The second-order valence-corrected chi connectivity index (χ2v) is 6.08. The monoisotopic (exact) mass is 324 g/mol. The van der Waals surface area contributed by atoms with E-state index in [0.717, 1.165) is 22.6 Å². The highest BCUT2D eigenvalue weighted by Gasteiger charge is 2.09. The standard InChI is InChI=1S/C20H24N2O2/c1-14(2)18-7-5-6-8-19(18)24-13-20(23)22-21-16(4)17-11-9-15(3)10-12-17/h5-12,14H,13H2,1-4H3,(H,22,23). The lowest BCUT2D eigenvalue weighted by molar-refractivity contribution is -0.123. The first kappa shape index (κ1) is 17.7. The number of para-hydroxylation sites is 1. The van der Waals surface area contributed by atoms with Gasteiger partial charge in [0.25, 0.3) is 5.91 Å². The summed E-state index contributed by atoms with van der Waals surface area (Å²) < 4.78 is 5.63. The molecule has 0 radical (unpaired) electrons. The van der Waals surface area contributed by atoms with Gasteiger partial charge in [-0.05, 0) is 37.0 Å². The molecule has 1 N–H and O–H groups in total. The molecule has 0 saturated heterocycles. The Kier molecular flexibility index (Phi) is 6.13. The van der Waals surface area contributed by atoms with Crippen LogP contribution in [0.5, 0.6) is 5.75 Å². The van der Waals surface area contributed by atoms with Crippen molar-refractivity contribution in [2.24, 2.45) is 5.10 Å². The highest BCUT2D eigenvalue weighted by atomic mass is 16.5. The molecule has 1 amide bonds. The number of rotatable bonds is 6. The number of hydrogen-bond donors (Lipinski definition) is 1. The zero-order valence-electron chi connectivity index (χ0n) is 14.7. The van der Waals surface area contributed by atoms with Gasteiger partial charge in [0.15, 0.2) is 6.61 Å². The molecule has 0 aliphatic heterocycles. The van der Waals surface area contributed by atoms with E-state index in [1.165, 1.54) is 5.56 Å². The van der Waals surface area contributed by atoms with E-state index in [1.54, 1.807) is 0 Å². The summed E-state index contributed by atoms with van der Waals surface area (Å²) in [6.45, 7) is 8.02. The number of nitrogens with one attached hydrogen (secondary N) is 1. The first-order valence-electron chi connectivity index (χ1n) is 8.09. The van der Waals surface area contributed by atoms with E-state index >= 15 is 0 Å². The third kappa shape index (κ3) is 4.95. The average molecular weight is 324 g/mol. The minimum atomic E-state index is -0.278. The number of benzene rings is 2. The molecule has 126 valence electrons. The van der Waals surface area contributed by atoms with E-state index in [2.05, 4.69) is 24.4 Å². The molecule has 0 unspecified atom stereocenters. The normalized spacial score (nSPS) is 11.5. The molecule has 4 nitrogen and oxygen atoms in total. The fourth-order valence-electron chi connectivity index (χ4n) is 2.27. The molecule has 0 fully saturated rings. The van der Waals surface area contributed by atoms with Gasteiger partial charge < -0.3 is 4.74 Å². The third-order valence-electron chi connectivity index (χ3n) is 3.72. The number of carbonyl (C=O) groups excluding carboxylic acids is 1. The smallest absolute Gasteiger partial charge is 0.277 e. The van der Waals surface area contributed by atoms with Gasteiger partial charge in [0.05, 0.1) is 5.71 Å². The summed E-state index contributed by atoms with van der Waals surface area (Å²) in [5.41, 5.74) is 6.55. The molecule has 0 aromatic heterocycles. The summed E-state index contributed by atoms with van der Waals surface area (Å²) in [5, 5.41) is 4.13. The summed E-state index contributed by atoms with van der Waals surface area (Å²) in [5.74, 6) is 0.799. The number of carbonyl (C=O) groups is 1. The number of hydrazone groups is 1. The van der Waals surface area contributed by atoms with Gasteiger partial charge in [0, 0.05) is 0 Å². The minimum absolute atomic E-state index is 0.0611. The summed E-state index contributed by atoms with van der Waals surface area (Å²) in [6, 6.07) is 15.8. The average Bonchev–Trinajstić information content (AvgIpc) is 2.58. The van der Waals surface area contributed by atoms with E-state index in [1.807, 2.05) is 62.4 Å². The number of ether oxygens (including phenoxy) is 1. The van der Waals surface area contributed by atoms with Gasteiger partial charge in [-0.1, -0.05) is 61.9 Å². The van der Waals surface area contributed by atoms with Crippen molar-refractivity contribution in [2.45, 2.75) is 33.6 Å². The van der Waals surface area contributed by atoms with E-state index in [0.29, 0.717) is 5.92 Å². The van der Waals surface area contributed by atoms with Crippen molar-refractivity contribution in [2.75, 3.05) is 6.61 Å². The summed E-state index contributed by atoms with van der Waals surface area (Å²) >= 11 is 0. The van der Waals surface area contributed by atoms with Gasteiger partial charge in [-0.2, -0.15) is 5.10 Å². The fourth-order valence-corrected chi connectivity index (χ4v) is 2.27. The summed E-state index contributed by atoms with van der Waals surface area (Å²) in [4.78, 5) is 11.9. The molecule has 24 heavy (non-hydrogen) atoms. The molecule has 0 aliphatic rings. The SMILES string of the molecule is CC(=NNC(=O)COc1ccccc1C(C)C)c1ccc(C)cc1. The van der Waals surface area contributed by atoms with Crippen LogP contribution < -0.4 is 10.2 Å². The molecule has 0 saturated carbocycles. The maximum Gasteiger partial charge on any atom is 0.277 e. The largest absolute Gasteiger partial charge is 0.483 e. The van der Waals surface area contributed by atoms with Gasteiger partial charge in [0.1, 0.15) is 5.75 Å². The first-order chi connectivity index (χ1) is 11.5.